The lowest BCUT2D eigenvalue weighted by molar-refractivity contribution is -0.226. The molecule has 0 spiro atoms. The zero-order valence-electron chi connectivity index (χ0n) is 11.4. The predicted octanol–water partition coefficient (Wildman–Crippen LogP) is -3.93. The Balaban J connectivity index is 2.08. The van der Waals surface area contributed by atoms with Gasteiger partial charge in [0.25, 0.3) is 0 Å². The first-order chi connectivity index (χ1) is 9.85. The third-order valence-electron chi connectivity index (χ3n) is 3.87. The summed E-state index contributed by atoms with van der Waals surface area (Å²) in [4.78, 5) is 0. The zero-order chi connectivity index (χ0) is 15.7. The summed E-state index contributed by atoms with van der Waals surface area (Å²) in [6.07, 6.45) is -4.02. The molecule has 21 heavy (non-hydrogen) atoms. The highest BCUT2D eigenvalue weighted by atomic mass is 16.7. The van der Waals surface area contributed by atoms with E-state index in [1.165, 1.54) is 6.08 Å². The maximum atomic E-state index is 10.0. The standard InChI is InChI=1S/C12H23N3O6/c13-5-2-6(14)11(10(19)9(5)18)21-12-8(15)7(17)1-4(3-16)20-12/h1,5-12,16-19H,2-3,13-15H2/t5-,6?,7?,8?,9?,10?,11+,12-/m1/s1. The van der Waals surface area contributed by atoms with Crippen LogP contribution in [-0.4, -0.2) is 75.9 Å². The van der Waals surface area contributed by atoms with E-state index in [9.17, 15) is 15.3 Å². The Bertz CT molecular complexity index is 395. The van der Waals surface area contributed by atoms with Gasteiger partial charge < -0.3 is 47.1 Å². The van der Waals surface area contributed by atoms with Gasteiger partial charge in [-0.2, -0.15) is 0 Å². The monoisotopic (exact) mass is 305 g/mol. The first-order valence-corrected chi connectivity index (χ1v) is 6.79. The van der Waals surface area contributed by atoms with Gasteiger partial charge in [0.15, 0.2) is 0 Å². The molecule has 10 N–H and O–H groups in total. The van der Waals surface area contributed by atoms with E-state index in [4.69, 9.17) is 31.8 Å². The Morgan fingerprint density at radius 3 is 2.43 bits per heavy atom. The molecule has 0 radical (unpaired) electrons. The van der Waals surface area contributed by atoms with Gasteiger partial charge in [-0.3, -0.25) is 0 Å². The number of hydrogen-bond donors (Lipinski definition) is 7. The van der Waals surface area contributed by atoms with Gasteiger partial charge in [0, 0.05) is 12.1 Å². The van der Waals surface area contributed by atoms with E-state index < -0.39 is 55.4 Å². The summed E-state index contributed by atoms with van der Waals surface area (Å²) in [6, 6.07) is -2.17. The third kappa shape index (κ3) is 3.35. The van der Waals surface area contributed by atoms with Crippen molar-refractivity contribution >= 4 is 0 Å². The molecule has 0 aromatic heterocycles. The van der Waals surface area contributed by atoms with E-state index in [1.807, 2.05) is 0 Å². The van der Waals surface area contributed by atoms with Gasteiger partial charge >= 0.3 is 0 Å². The van der Waals surface area contributed by atoms with Crippen molar-refractivity contribution in [1.82, 2.24) is 0 Å². The summed E-state index contributed by atoms with van der Waals surface area (Å²) in [6.45, 7) is -0.420. The lowest BCUT2D eigenvalue weighted by Gasteiger charge is -2.43. The molecule has 2 aliphatic rings. The number of rotatable bonds is 3. The van der Waals surface area contributed by atoms with Crippen LogP contribution in [0.4, 0.5) is 0 Å². The van der Waals surface area contributed by atoms with Gasteiger partial charge in [0.05, 0.1) is 18.2 Å². The highest BCUT2D eigenvalue weighted by Crippen LogP contribution is 2.25. The highest BCUT2D eigenvalue weighted by Gasteiger charge is 2.44. The second-order valence-corrected chi connectivity index (χ2v) is 5.49. The Morgan fingerprint density at radius 1 is 1.14 bits per heavy atom. The van der Waals surface area contributed by atoms with Crippen molar-refractivity contribution in [3.05, 3.63) is 11.8 Å². The molecule has 0 aromatic rings. The van der Waals surface area contributed by atoms with Crippen LogP contribution in [0.2, 0.25) is 0 Å². The van der Waals surface area contributed by atoms with Gasteiger partial charge in [-0.25, -0.2) is 0 Å². The summed E-state index contributed by atoms with van der Waals surface area (Å²) in [5.41, 5.74) is 17.3. The molecule has 0 bridgehead atoms. The minimum atomic E-state index is -1.29. The van der Waals surface area contributed by atoms with Crippen molar-refractivity contribution in [3.8, 4) is 0 Å². The van der Waals surface area contributed by atoms with Gasteiger partial charge in [0.2, 0.25) is 6.29 Å². The maximum Gasteiger partial charge on any atom is 0.218 e. The van der Waals surface area contributed by atoms with Gasteiger partial charge in [-0.05, 0) is 12.5 Å². The molecule has 2 rings (SSSR count). The molecule has 1 heterocycles. The number of hydrogen-bond acceptors (Lipinski definition) is 9. The molecular weight excluding hydrogens is 282 g/mol. The van der Waals surface area contributed by atoms with E-state index >= 15 is 0 Å². The summed E-state index contributed by atoms with van der Waals surface area (Å²) in [5.74, 6) is 0.116. The van der Waals surface area contributed by atoms with Crippen molar-refractivity contribution in [3.63, 3.8) is 0 Å². The molecule has 8 atom stereocenters. The minimum absolute atomic E-state index is 0.116. The van der Waals surface area contributed by atoms with E-state index in [0.29, 0.717) is 0 Å². The Labute approximate surface area is 121 Å². The number of nitrogens with two attached hydrogens (primary N) is 3. The molecule has 9 heteroatoms. The average molecular weight is 305 g/mol. The fourth-order valence-electron chi connectivity index (χ4n) is 2.56. The van der Waals surface area contributed by atoms with Crippen molar-refractivity contribution in [2.45, 2.75) is 55.3 Å². The predicted molar refractivity (Wildman–Crippen MR) is 71.5 cm³/mol. The van der Waals surface area contributed by atoms with Crippen LogP contribution in [0.5, 0.6) is 0 Å². The van der Waals surface area contributed by atoms with Crippen LogP contribution in [0.25, 0.3) is 0 Å². The minimum Gasteiger partial charge on any atom is -0.465 e. The molecule has 0 amide bonds. The molecule has 1 fully saturated rings. The quantitative estimate of drug-likeness (QED) is 0.274. The highest BCUT2D eigenvalue weighted by molar-refractivity contribution is 5.07. The van der Waals surface area contributed by atoms with Crippen LogP contribution in [0.3, 0.4) is 0 Å². The van der Waals surface area contributed by atoms with Gasteiger partial charge in [-0.1, -0.05) is 0 Å². The molecule has 0 aromatic carbocycles. The van der Waals surface area contributed by atoms with Crippen molar-refractivity contribution in [2.24, 2.45) is 17.2 Å². The SMILES string of the molecule is NC1C(O)C=C(CO)O[C@@H]1O[C@H]1C(N)C[C@@H](N)C(O)C1O. The van der Waals surface area contributed by atoms with Crippen molar-refractivity contribution < 1.29 is 29.9 Å². The lowest BCUT2D eigenvalue weighted by atomic mass is 9.84. The molecule has 5 unspecified atom stereocenters. The van der Waals surface area contributed by atoms with Crippen LogP contribution in [0.1, 0.15) is 6.42 Å². The van der Waals surface area contributed by atoms with Gasteiger partial charge in [0.1, 0.15) is 24.6 Å². The fraction of sp³-hybridized carbons (Fsp3) is 0.833. The first kappa shape index (κ1) is 16.6. The van der Waals surface area contributed by atoms with E-state index in [1.54, 1.807) is 0 Å². The molecular formula is C12H23N3O6. The van der Waals surface area contributed by atoms with Crippen LogP contribution < -0.4 is 17.2 Å². The number of aliphatic hydroxyl groups is 4. The van der Waals surface area contributed by atoms with Crippen molar-refractivity contribution in [1.29, 1.82) is 0 Å². The molecule has 1 aliphatic carbocycles. The molecule has 122 valence electrons. The van der Waals surface area contributed by atoms with E-state index in [-0.39, 0.29) is 12.2 Å². The normalized spacial score (nSPS) is 47.7. The molecule has 1 aliphatic heterocycles. The number of aliphatic hydroxyl groups excluding tert-OH is 4. The average Bonchev–Trinajstić information content (AvgIpc) is 2.45. The van der Waals surface area contributed by atoms with Crippen LogP contribution in [-0.2, 0) is 9.47 Å². The van der Waals surface area contributed by atoms with Crippen molar-refractivity contribution in [2.75, 3.05) is 6.61 Å². The zero-order valence-corrected chi connectivity index (χ0v) is 11.4. The number of ether oxygens (including phenoxy) is 2. The lowest BCUT2D eigenvalue weighted by Crippen LogP contribution is -2.64. The second kappa shape index (κ2) is 6.55. The van der Waals surface area contributed by atoms with E-state index in [2.05, 4.69) is 0 Å². The van der Waals surface area contributed by atoms with Crippen LogP contribution in [0.15, 0.2) is 11.8 Å². The maximum absolute atomic E-state index is 10.0. The van der Waals surface area contributed by atoms with Crippen LogP contribution >= 0.6 is 0 Å². The van der Waals surface area contributed by atoms with Crippen LogP contribution in [0, 0.1) is 0 Å². The third-order valence-corrected chi connectivity index (χ3v) is 3.87. The largest absolute Gasteiger partial charge is 0.465 e. The Morgan fingerprint density at radius 2 is 1.81 bits per heavy atom. The van der Waals surface area contributed by atoms with Gasteiger partial charge in [-0.15, -0.1) is 0 Å². The first-order valence-electron chi connectivity index (χ1n) is 6.79. The molecule has 0 saturated heterocycles. The fourth-order valence-corrected chi connectivity index (χ4v) is 2.56. The Hall–Kier alpha value is -0.780. The summed E-state index contributed by atoms with van der Waals surface area (Å²) in [5, 5.41) is 38.7. The molecule has 9 nitrogen and oxygen atoms in total. The topological polar surface area (TPSA) is 177 Å². The smallest absolute Gasteiger partial charge is 0.218 e. The van der Waals surface area contributed by atoms with E-state index in [0.717, 1.165) is 0 Å². The summed E-state index contributed by atoms with van der Waals surface area (Å²) < 4.78 is 10.8. The summed E-state index contributed by atoms with van der Waals surface area (Å²) in [7, 11) is 0. The second-order valence-electron chi connectivity index (χ2n) is 5.49. The summed E-state index contributed by atoms with van der Waals surface area (Å²) >= 11 is 0. The molecule has 1 saturated carbocycles. The Kier molecular flexibility index (Phi) is 5.17.